The molecular formula is C30H36BrN3O4. The number of allylic oxidation sites excluding steroid dienone is 2. The van der Waals surface area contributed by atoms with Crippen molar-refractivity contribution >= 4 is 33.3 Å². The van der Waals surface area contributed by atoms with Crippen LogP contribution in [0, 0.1) is 29.1 Å². The van der Waals surface area contributed by atoms with E-state index in [1.807, 2.05) is 26.0 Å². The molecule has 1 aromatic carbocycles. The summed E-state index contributed by atoms with van der Waals surface area (Å²) in [6, 6.07) is 5.85. The Kier molecular flexibility index (Phi) is 9.09. The lowest BCUT2D eigenvalue weighted by atomic mass is 9.70. The topological polar surface area (TPSA) is 101 Å². The van der Waals surface area contributed by atoms with Gasteiger partial charge >= 0.3 is 0 Å². The molecule has 1 fully saturated rings. The van der Waals surface area contributed by atoms with E-state index in [0.29, 0.717) is 40.5 Å². The fourth-order valence-corrected chi connectivity index (χ4v) is 6.01. The van der Waals surface area contributed by atoms with Gasteiger partial charge in [-0.1, -0.05) is 19.4 Å². The predicted molar refractivity (Wildman–Crippen MR) is 150 cm³/mol. The van der Waals surface area contributed by atoms with Gasteiger partial charge in [-0.25, -0.2) is 0 Å². The molecule has 1 aliphatic heterocycles. The average Bonchev–Trinajstić information content (AvgIpc) is 3.72. The Morgan fingerprint density at radius 2 is 2.08 bits per heavy atom. The van der Waals surface area contributed by atoms with Crippen molar-refractivity contribution in [2.24, 2.45) is 22.7 Å². The number of hydrogen-bond donors (Lipinski definition) is 1. The predicted octanol–water partition coefficient (Wildman–Crippen LogP) is 6.04. The van der Waals surface area contributed by atoms with E-state index in [-0.39, 0.29) is 30.3 Å². The first-order chi connectivity index (χ1) is 18.3. The summed E-state index contributed by atoms with van der Waals surface area (Å²) in [5, 5.41) is 13.1. The van der Waals surface area contributed by atoms with Gasteiger partial charge in [0.1, 0.15) is 6.61 Å². The average molecular weight is 583 g/mol. The molecule has 8 heteroatoms. The van der Waals surface area contributed by atoms with Crippen molar-refractivity contribution < 1.29 is 19.1 Å². The van der Waals surface area contributed by atoms with Crippen LogP contribution in [0.2, 0.25) is 0 Å². The van der Waals surface area contributed by atoms with Crippen molar-refractivity contribution in [3.05, 3.63) is 46.1 Å². The van der Waals surface area contributed by atoms with Crippen molar-refractivity contribution in [1.82, 2.24) is 5.32 Å². The van der Waals surface area contributed by atoms with Gasteiger partial charge in [0, 0.05) is 35.2 Å². The highest BCUT2D eigenvalue weighted by molar-refractivity contribution is 9.10. The zero-order valence-corrected chi connectivity index (χ0v) is 24.0. The van der Waals surface area contributed by atoms with E-state index < -0.39 is 11.8 Å². The van der Waals surface area contributed by atoms with Gasteiger partial charge in [0.05, 0.1) is 29.1 Å². The second-order valence-electron chi connectivity index (χ2n) is 10.4. The van der Waals surface area contributed by atoms with E-state index in [2.05, 4.69) is 40.8 Å². The number of ketones is 1. The normalized spacial score (nSPS) is 23.6. The van der Waals surface area contributed by atoms with E-state index in [9.17, 15) is 14.9 Å². The first kappa shape index (κ1) is 28.1. The number of rotatable bonds is 11. The highest BCUT2D eigenvalue weighted by Gasteiger charge is 2.41. The Balaban J connectivity index is 1.66. The van der Waals surface area contributed by atoms with Crippen LogP contribution in [-0.2, 0) is 9.59 Å². The van der Waals surface area contributed by atoms with Crippen LogP contribution in [0.25, 0.3) is 0 Å². The molecule has 4 atom stereocenters. The van der Waals surface area contributed by atoms with Crippen LogP contribution in [0.1, 0.15) is 70.8 Å². The summed E-state index contributed by atoms with van der Waals surface area (Å²) >= 11 is 3.65. The van der Waals surface area contributed by atoms with Crippen LogP contribution in [0.4, 0.5) is 0 Å². The number of nitrogens with zero attached hydrogens (tertiary/aromatic N) is 2. The molecule has 1 heterocycles. The molecule has 0 aromatic heterocycles. The summed E-state index contributed by atoms with van der Waals surface area (Å²) in [5.74, 6) is 0.545. The van der Waals surface area contributed by atoms with E-state index in [1.54, 1.807) is 6.08 Å². The molecule has 4 rings (SSSR count). The van der Waals surface area contributed by atoms with Crippen LogP contribution >= 0.6 is 15.9 Å². The third-order valence-electron chi connectivity index (χ3n) is 7.47. The molecule has 2 aliphatic carbocycles. The Labute approximate surface area is 233 Å². The summed E-state index contributed by atoms with van der Waals surface area (Å²) in [4.78, 5) is 30.4. The molecule has 1 amide bonds. The van der Waals surface area contributed by atoms with Crippen molar-refractivity contribution in [2.45, 2.75) is 71.3 Å². The highest BCUT2D eigenvalue weighted by Crippen LogP contribution is 2.48. The fraction of sp³-hybridized carbons (Fsp3) is 0.533. The van der Waals surface area contributed by atoms with Gasteiger partial charge < -0.3 is 14.8 Å². The summed E-state index contributed by atoms with van der Waals surface area (Å²) < 4.78 is 12.8. The van der Waals surface area contributed by atoms with Crippen molar-refractivity contribution in [2.75, 3.05) is 13.2 Å². The van der Waals surface area contributed by atoms with Gasteiger partial charge in [0.2, 0.25) is 5.91 Å². The molecular weight excluding hydrogens is 546 g/mol. The third-order valence-corrected chi connectivity index (χ3v) is 8.06. The lowest BCUT2D eigenvalue weighted by Gasteiger charge is -2.35. The lowest BCUT2D eigenvalue weighted by molar-refractivity contribution is -0.123. The van der Waals surface area contributed by atoms with Crippen LogP contribution < -0.4 is 14.8 Å². The second-order valence-corrected chi connectivity index (χ2v) is 11.2. The molecule has 7 nitrogen and oxygen atoms in total. The number of nitrogens with one attached hydrogen (secondary N) is 1. The monoisotopic (exact) mass is 581 g/mol. The first-order valence-electron chi connectivity index (χ1n) is 13.5. The number of hydrogen-bond acceptors (Lipinski definition) is 6. The molecule has 0 bridgehead atoms. The minimum absolute atomic E-state index is 0.0252. The highest BCUT2D eigenvalue weighted by atomic mass is 79.9. The Bertz CT molecular complexity index is 1210. The summed E-state index contributed by atoms with van der Waals surface area (Å²) in [6.07, 6.45) is 6.78. The van der Waals surface area contributed by atoms with Gasteiger partial charge in [0.25, 0.3) is 0 Å². The molecule has 3 aliphatic rings. The second kappa shape index (κ2) is 12.3. The molecule has 0 radical (unpaired) electrons. The van der Waals surface area contributed by atoms with Crippen LogP contribution in [0.3, 0.4) is 0 Å². The minimum Gasteiger partial charge on any atom is -0.490 e. The van der Waals surface area contributed by atoms with E-state index in [1.165, 1.54) is 0 Å². The number of nitriles is 1. The maximum atomic E-state index is 13.4. The maximum Gasteiger partial charge on any atom is 0.223 e. The van der Waals surface area contributed by atoms with Gasteiger partial charge in [-0.3, -0.25) is 14.6 Å². The zero-order chi connectivity index (χ0) is 27.4. The number of benzene rings is 1. The summed E-state index contributed by atoms with van der Waals surface area (Å²) in [7, 11) is 0. The lowest BCUT2D eigenvalue weighted by Crippen LogP contribution is -2.38. The van der Waals surface area contributed by atoms with Crippen molar-refractivity contribution in [3.8, 4) is 17.6 Å². The van der Waals surface area contributed by atoms with Crippen molar-refractivity contribution in [3.63, 3.8) is 0 Å². The fourth-order valence-electron chi connectivity index (χ4n) is 5.44. The molecule has 0 saturated heterocycles. The van der Waals surface area contributed by atoms with E-state index in [4.69, 9.17) is 14.5 Å². The number of amides is 1. The maximum absolute atomic E-state index is 13.4. The molecule has 1 aromatic rings. The van der Waals surface area contributed by atoms with Gasteiger partial charge in [-0.05, 0) is 79.1 Å². The van der Waals surface area contributed by atoms with Gasteiger partial charge in [0.15, 0.2) is 17.3 Å². The quantitative estimate of drug-likeness (QED) is 0.321. The van der Waals surface area contributed by atoms with E-state index in [0.717, 1.165) is 49.1 Å². The van der Waals surface area contributed by atoms with Gasteiger partial charge in [-0.2, -0.15) is 5.26 Å². The van der Waals surface area contributed by atoms with Crippen LogP contribution in [0.15, 0.2) is 45.5 Å². The number of halogens is 1. The number of Topliss-reactive ketones (excluding diaryl/α,β-unsaturated/α-hetero) is 1. The SMILES string of the molecule is C=CC(COc1c(Br)cc(C2C3=C(CC(CCC)CC3=O)N=C(C)C2C#N)cc1OCC)NC(=O)C1CC1. The van der Waals surface area contributed by atoms with Crippen LogP contribution in [-0.4, -0.2) is 36.7 Å². The molecule has 38 heavy (non-hydrogen) atoms. The van der Waals surface area contributed by atoms with Crippen LogP contribution in [0.5, 0.6) is 11.5 Å². The molecule has 1 saturated carbocycles. The Morgan fingerprint density at radius 3 is 2.71 bits per heavy atom. The summed E-state index contributed by atoms with van der Waals surface area (Å²) in [5.41, 5.74) is 3.02. The Morgan fingerprint density at radius 1 is 1.32 bits per heavy atom. The number of ether oxygens (including phenoxy) is 2. The third kappa shape index (κ3) is 6.04. The number of carbonyl (C=O) groups is 2. The smallest absolute Gasteiger partial charge is 0.223 e. The Hall–Kier alpha value is -2.92. The molecule has 4 unspecified atom stereocenters. The van der Waals surface area contributed by atoms with Crippen molar-refractivity contribution in [1.29, 1.82) is 5.26 Å². The minimum atomic E-state index is -0.545. The molecule has 202 valence electrons. The zero-order valence-electron chi connectivity index (χ0n) is 22.4. The first-order valence-corrected chi connectivity index (χ1v) is 14.3. The number of carbonyl (C=O) groups excluding carboxylic acids is 2. The van der Waals surface area contributed by atoms with Gasteiger partial charge in [-0.15, -0.1) is 6.58 Å². The van der Waals surface area contributed by atoms with E-state index >= 15 is 0 Å². The standard InChI is InChI=1S/C30H36BrN3O4/c1-5-8-18-11-24-28(25(35)12-18)27(22(15-32)17(4)33-24)20-13-23(31)29(26(14-20)37-7-3)38-16-21(6-2)34-30(36)19-9-10-19/h6,13-14,18-19,21-22,27H,2,5,7-12,16H2,1,3-4H3,(H,34,36). The molecule has 0 spiro atoms. The molecule has 1 N–H and O–H groups in total. The number of aliphatic imine (C=N–C) groups is 1. The largest absolute Gasteiger partial charge is 0.490 e. The summed E-state index contributed by atoms with van der Waals surface area (Å²) in [6.45, 7) is 10.3.